The molecule has 1 unspecified atom stereocenters. The Hall–Kier alpha value is -0.570. The highest BCUT2D eigenvalue weighted by atomic mass is 35.5. The second-order valence-corrected chi connectivity index (χ2v) is 6.68. The van der Waals surface area contributed by atoms with Crippen LogP contribution in [0, 0.1) is 0 Å². The van der Waals surface area contributed by atoms with Gasteiger partial charge in [0.25, 0.3) is 0 Å². The molecule has 0 aromatic heterocycles. The molecule has 1 aliphatic heterocycles. The van der Waals surface area contributed by atoms with E-state index in [1.165, 1.54) is 18.4 Å². The van der Waals surface area contributed by atoms with E-state index in [-0.39, 0.29) is 5.54 Å². The Labute approximate surface area is 122 Å². The van der Waals surface area contributed by atoms with Crippen LogP contribution in [0.2, 0.25) is 5.02 Å². The number of rotatable bonds is 4. The van der Waals surface area contributed by atoms with Gasteiger partial charge in [-0.2, -0.15) is 0 Å². The van der Waals surface area contributed by atoms with E-state index in [1.807, 2.05) is 12.1 Å². The number of hydrogen-bond donors (Lipinski definition) is 1. The SMILES string of the molecule is CCCC1CNC(C)(C)CN1Cc1cccc(Cl)c1. The van der Waals surface area contributed by atoms with Crippen molar-refractivity contribution in [3.8, 4) is 0 Å². The number of nitrogens with one attached hydrogen (secondary N) is 1. The molecule has 2 nitrogen and oxygen atoms in total. The molecule has 0 spiro atoms. The molecule has 1 heterocycles. The highest BCUT2D eigenvalue weighted by Crippen LogP contribution is 2.21. The fraction of sp³-hybridized carbons (Fsp3) is 0.625. The van der Waals surface area contributed by atoms with Crippen LogP contribution in [0.15, 0.2) is 24.3 Å². The van der Waals surface area contributed by atoms with Crippen LogP contribution in [0.1, 0.15) is 39.2 Å². The van der Waals surface area contributed by atoms with Crippen molar-refractivity contribution in [1.29, 1.82) is 0 Å². The van der Waals surface area contributed by atoms with Crippen molar-refractivity contribution < 1.29 is 0 Å². The molecular formula is C16H25ClN2. The van der Waals surface area contributed by atoms with E-state index in [4.69, 9.17) is 11.6 Å². The van der Waals surface area contributed by atoms with E-state index in [0.717, 1.165) is 24.7 Å². The van der Waals surface area contributed by atoms with Gasteiger partial charge in [0.05, 0.1) is 0 Å². The lowest BCUT2D eigenvalue weighted by Gasteiger charge is -2.44. The maximum atomic E-state index is 6.09. The van der Waals surface area contributed by atoms with Gasteiger partial charge in [-0.1, -0.05) is 37.1 Å². The van der Waals surface area contributed by atoms with Crippen LogP contribution in [0.3, 0.4) is 0 Å². The van der Waals surface area contributed by atoms with E-state index in [1.54, 1.807) is 0 Å². The molecule has 0 amide bonds. The molecule has 106 valence electrons. The largest absolute Gasteiger partial charge is 0.309 e. The molecule has 0 bridgehead atoms. The second kappa shape index (κ2) is 6.25. The average molecular weight is 281 g/mol. The Kier molecular flexibility index (Phi) is 4.88. The van der Waals surface area contributed by atoms with Crippen molar-refractivity contribution in [1.82, 2.24) is 10.2 Å². The number of halogens is 1. The molecule has 1 aromatic rings. The molecule has 0 radical (unpaired) electrons. The van der Waals surface area contributed by atoms with Gasteiger partial charge in [-0.05, 0) is 38.0 Å². The Balaban J connectivity index is 2.09. The first-order chi connectivity index (χ1) is 9.00. The Bertz CT molecular complexity index is 417. The van der Waals surface area contributed by atoms with E-state index < -0.39 is 0 Å². The first-order valence-corrected chi connectivity index (χ1v) is 7.61. The lowest BCUT2D eigenvalue weighted by Crippen LogP contribution is -2.61. The minimum absolute atomic E-state index is 0.197. The first-order valence-electron chi connectivity index (χ1n) is 7.24. The Morgan fingerprint density at radius 1 is 1.42 bits per heavy atom. The fourth-order valence-electron chi connectivity index (χ4n) is 2.89. The van der Waals surface area contributed by atoms with Crippen LogP contribution < -0.4 is 5.32 Å². The molecule has 19 heavy (non-hydrogen) atoms. The van der Waals surface area contributed by atoms with Crippen LogP contribution in [-0.4, -0.2) is 29.6 Å². The molecule has 1 aromatic carbocycles. The summed E-state index contributed by atoms with van der Waals surface area (Å²) in [6.45, 7) is 9.99. The summed E-state index contributed by atoms with van der Waals surface area (Å²) in [5, 5.41) is 4.49. The summed E-state index contributed by atoms with van der Waals surface area (Å²) in [5.41, 5.74) is 1.51. The first kappa shape index (κ1) is 14.8. The molecule has 2 rings (SSSR count). The normalized spacial score (nSPS) is 23.5. The minimum Gasteiger partial charge on any atom is -0.309 e. The highest BCUT2D eigenvalue weighted by Gasteiger charge is 2.31. The van der Waals surface area contributed by atoms with Crippen molar-refractivity contribution in [2.75, 3.05) is 13.1 Å². The van der Waals surface area contributed by atoms with Gasteiger partial charge in [0.15, 0.2) is 0 Å². The third-order valence-corrected chi connectivity index (χ3v) is 4.06. The monoisotopic (exact) mass is 280 g/mol. The molecule has 1 N–H and O–H groups in total. The zero-order chi connectivity index (χ0) is 13.9. The summed E-state index contributed by atoms with van der Waals surface area (Å²) in [4.78, 5) is 2.60. The summed E-state index contributed by atoms with van der Waals surface area (Å²) in [6, 6.07) is 8.87. The summed E-state index contributed by atoms with van der Waals surface area (Å²) < 4.78 is 0. The third-order valence-electron chi connectivity index (χ3n) is 3.83. The average Bonchev–Trinajstić information content (AvgIpc) is 2.32. The number of benzene rings is 1. The number of nitrogens with zero attached hydrogens (tertiary/aromatic N) is 1. The van der Waals surface area contributed by atoms with Gasteiger partial charge in [-0.15, -0.1) is 0 Å². The van der Waals surface area contributed by atoms with Crippen LogP contribution in [0.25, 0.3) is 0 Å². The third kappa shape index (κ3) is 4.20. The second-order valence-electron chi connectivity index (χ2n) is 6.24. The number of hydrogen-bond acceptors (Lipinski definition) is 2. The zero-order valence-electron chi connectivity index (χ0n) is 12.2. The van der Waals surface area contributed by atoms with Gasteiger partial charge in [-0.25, -0.2) is 0 Å². The standard InChI is InChI=1S/C16H25ClN2/c1-4-6-15-10-18-16(2,3)12-19(15)11-13-7-5-8-14(17)9-13/h5,7-9,15,18H,4,6,10-12H2,1-3H3. The minimum atomic E-state index is 0.197. The Morgan fingerprint density at radius 2 is 2.21 bits per heavy atom. The molecular weight excluding hydrogens is 256 g/mol. The maximum absolute atomic E-state index is 6.09. The number of piperazine rings is 1. The topological polar surface area (TPSA) is 15.3 Å². The summed E-state index contributed by atoms with van der Waals surface area (Å²) in [5.74, 6) is 0. The van der Waals surface area contributed by atoms with E-state index >= 15 is 0 Å². The highest BCUT2D eigenvalue weighted by molar-refractivity contribution is 6.30. The smallest absolute Gasteiger partial charge is 0.0409 e. The van der Waals surface area contributed by atoms with Crippen molar-refractivity contribution >= 4 is 11.6 Å². The summed E-state index contributed by atoms with van der Waals surface area (Å²) in [7, 11) is 0. The molecule has 1 atom stereocenters. The lowest BCUT2D eigenvalue weighted by atomic mass is 9.96. The van der Waals surface area contributed by atoms with Crippen molar-refractivity contribution in [2.24, 2.45) is 0 Å². The van der Waals surface area contributed by atoms with E-state index in [0.29, 0.717) is 6.04 Å². The molecule has 0 aliphatic carbocycles. The van der Waals surface area contributed by atoms with Crippen molar-refractivity contribution in [2.45, 2.75) is 51.7 Å². The zero-order valence-corrected chi connectivity index (χ0v) is 13.0. The molecule has 3 heteroatoms. The van der Waals surface area contributed by atoms with Crippen LogP contribution in [0.4, 0.5) is 0 Å². The van der Waals surface area contributed by atoms with Crippen molar-refractivity contribution in [3.63, 3.8) is 0 Å². The Morgan fingerprint density at radius 3 is 2.89 bits per heavy atom. The maximum Gasteiger partial charge on any atom is 0.0409 e. The summed E-state index contributed by atoms with van der Waals surface area (Å²) >= 11 is 6.09. The van der Waals surface area contributed by atoms with Gasteiger partial charge in [0.1, 0.15) is 0 Å². The predicted octanol–water partition coefficient (Wildman–Crippen LogP) is 3.69. The molecule has 0 saturated carbocycles. The van der Waals surface area contributed by atoms with E-state index in [2.05, 4.69) is 43.1 Å². The van der Waals surface area contributed by atoms with Crippen molar-refractivity contribution in [3.05, 3.63) is 34.9 Å². The van der Waals surface area contributed by atoms with Crippen LogP contribution >= 0.6 is 11.6 Å². The van der Waals surface area contributed by atoms with Crippen LogP contribution in [0.5, 0.6) is 0 Å². The van der Waals surface area contributed by atoms with Gasteiger partial charge >= 0.3 is 0 Å². The van der Waals surface area contributed by atoms with Gasteiger partial charge in [0, 0.05) is 36.2 Å². The molecule has 1 aliphatic rings. The quantitative estimate of drug-likeness (QED) is 0.905. The van der Waals surface area contributed by atoms with E-state index in [9.17, 15) is 0 Å². The molecule has 1 saturated heterocycles. The van der Waals surface area contributed by atoms with Gasteiger partial charge in [0.2, 0.25) is 0 Å². The van der Waals surface area contributed by atoms with Gasteiger partial charge < -0.3 is 5.32 Å². The lowest BCUT2D eigenvalue weighted by molar-refractivity contribution is 0.0827. The van der Waals surface area contributed by atoms with Gasteiger partial charge in [-0.3, -0.25) is 4.90 Å². The molecule has 1 fully saturated rings. The fourth-order valence-corrected chi connectivity index (χ4v) is 3.10. The van der Waals surface area contributed by atoms with Crippen LogP contribution in [-0.2, 0) is 6.54 Å². The summed E-state index contributed by atoms with van der Waals surface area (Å²) in [6.07, 6.45) is 2.49. The predicted molar refractivity (Wildman–Crippen MR) is 82.6 cm³/mol.